The van der Waals surface area contributed by atoms with Gasteiger partial charge < -0.3 is 20.2 Å². The summed E-state index contributed by atoms with van der Waals surface area (Å²) in [5.74, 6) is 2.39. The van der Waals surface area contributed by atoms with Crippen molar-refractivity contribution in [1.82, 2.24) is 40.3 Å². The summed E-state index contributed by atoms with van der Waals surface area (Å²) in [6.45, 7) is 13.2. The van der Waals surface area contributed by atoms with Gasteiger partial charge in [-0.15, -0.1) is 0 Å². The van der Waals surface area contributed by atoms with Crippen LogP contribution in [0.15, 0.2) is 97.3 Å². The van der Waals surface area contributed by atoms with Crippen LogP contribution in [0.3, 0.4) is 0 Å². The molecule has 9 heteroatoms. The van der Waals surface area contributed by atoms with Crippen LogP contribution in [-0.2, 0) is 31.9 Å². The van der Waals surface area contributed by atoms with E-state index in [-0.39, 0.29) is 31.9 Å². The Labute approximate surface area is 267 Å². The van der Waals surface area contributed by atoms with E-state index in [9.17, 15) is 0 Å². The molecule has 0 fully saturated rings. The molecule has 0 spiro atoms. The van der Waals surface area contributed by atoms with Gasteiger partial charge in [0.1, 0.15) is 0 Å². The van der Waals surface area contributed by atoms with Crippen LogP contribution < -0.4 is 10.2 Å². The molecular formula is C34H34N8Pt. The summed E-state index contributed by atoms with van der Waals surface area (Å²) >= 11 is 0. The van der Waals surface area contributed by atoms with Gasteiger partial charge in [0.25, 0.3) is 0 Å². The molecule has 0 aliphatic rings. The van der Waals surface area contributed by atoms with E-state index in [0.29, 0.717) is 23.3 Å². The zero-order valence-corrected chi connectivity index (χ0v) is 27.4. The first-order valence-corrected chi connectivity index (χ1v) is 13.9. The monoisotopic (exact) mass is 749 g/mol. The first-order chi connectivity index (χ1) is 20.1. The second-order valence-corrected chi connectivity index (χ2v) is 12.0. The van der Waals surface area contributed by atoms with Gasteiger partial charge in [-0.05, 0) is 69.0 Å². The average molecular weight is 750 g/mol. The Hall–Kier alpha value is -4.29. The van der Waals surface area contributed by atoms with Crippen LogP contribution in [0.25, 0.3) is 45.8 Å². The van der Waals surface area contributed by atoms with Crippen LogP contribution in [0.4, 0.5) is 0 Å². The van der Waals surface area contributed by atoms with Crippen LogP contribution in [0.1, 0.15) is 52.7 Å². The van der Waals surface area contributed by atoms with E-state index < -0.39 is 0 Å². The van der Waals surface area contributed by atoms with Crippen molar-refractivity contribution >= 4 is 0 Å². The normalized spacial score (nSPS) is 11.3. The zero-order valence-electron chi connectivity index (χ0n) is 25.1. The first kappa shape index (κ1) is 31.6. The van der Waals surface area contributed by atoms with E-state index >= 15 is 0 Å². The standard InChI is InChI=1S/2C17H17N4.Pt/c2*1-17(2,3)13-9-7-12(8-10-13)15-19-16(21-20-15)14-6-4-5-11-18-14;/h2*4-11H,1-3H3;/q2*-1;+2. The number of nitrogens with zero attached hydrogens (tertiary/aromatic N) is 8. The van der Waals surface area contributed by atoms with E-state index in [1.807, 2.05) is 60.7 Å². The largest absolute Gasteiger partial charge is 2.00 e. The second-order valence-electron chi connectivity index (χ2n) is 12.0. The van der Waals surface area contributed by atoms with Crippen molar-refractivity contribution < 1.29 is 21.1 Å². The van der Waals surface area contributed by atoms with Crippen molar-refractivity contribution in [1.29, 1.82) is 0 Å². The molecule has 4 heterocycles. The minimum atomic E-state index is 0. The molecule has 4 aromatic heterocycles. The van der Waals surface area contributed by atoms with Crippen LogP contribution >= 0.6 is 0 Å². The molecule has 220 valence electrons. The number of pyridine rings is 2. The van der Waals surface area contributed by atoms with E-state index in [1.54, 1.807) is 12.4 Å². The molecule has 0 unspecified atom stereocenters. The maximum atomic E-state index is 4.46. The third kappa shape index (κ3) is 7.96. The molecule has 0 radical (unpaired) electrons. The third-order valence-corrected chi connectivity index (χ3v) is 6.71. The predicted octanol–water partition coefficient (Wildman–Crippen LogP) is 6.92. The Morgan fingerprint density at radius 2 is 0.860 bits per heavy atom. The molecular weight excluding hydrogens is 716 g/mol. The van der Waals surface area contributed by atoms with Gasteiger partial charge in [-0.25, -0.2) is 0 Å². The van der Waals surface area contributed by atoms with Crippen molar-refractivity contribution in [2.45, 2.75) is 52.4 Å². The Kier molecular flexibility index (Phi) is 9.82. The van der Waals surface area contributed by atoms with E-state index in [4.69, 9.17) is 0 Å². The van der Waals surface area contributed by atoms with Crippen LogP contribution in [-0.4, -0.2) is 30.1 Å². The molecule has 6 aromatic rings. The SMILES string of the molecule is CC(C)(C)c1ccc(-c2n[n-]c(-c3ccccn3)n2)cc1.CC(C)(C)c1ccc(-c2n[n-]c(-c3ccccn3)n2)cc1.[Pt+2]. The molecule has 0 amide bonds. The minimum absolute atomic E-state index is 0. The fourth-order valence-corrected chi connectivity index (χ4v) is 4.17. The smallest absolute Gasteiger partial charge is 0.417 e. The van der Waals surface area contributed by atoms with Crippen molar-refractivity contribution in [3.63, 3.8) is 0 Å². The molecule has 0 bridgehead atoms. The van der Waals surface area contributed by atoms with Gasteiger partial charge in [0, 0.05) is 12.4 Å². The molecule has 0 saturated carbocycles. The molecule has 0 saturated heterocycles. The zero-order chi connectivity index (χ0) is 29.7. The summed E-state index contributed by atoms with van der Waals surface area (Å²) in [7, 11) is 0. The molecule has 0 aliphatic carbocycles. The summed E-state index contributed by atoms with van der Waals surface area (Å²) in [4.78, 5) is 17.4. The summed E-state index contributed by atoms with van der Waals surface area (Å²) in [6.07, 6.45) is 3.45. The maximum Gasteiger partial charge on any atom is 2.00 e. The summed E-state index contributed by atoms with van der Waals surface area (Å²) < 4.78 is 0. The molecule has 0 N–H and O–H groups in total. The Morgan fingerprint density at radius 1 is 0.488 bits per heavy atom. The fourth-order valence-electron chi connectivity index (χ4n) is 4.17. The third-order valence-electron chi connectivity index (χ3n) is 6.71. The Morgan fingerprint density at radius 3 is 1.16 bits per heavy atom. The molecule has 0 aliphatic heterocycles. The maximum absolute atomic E-state index is 4.46. The van der Waals surface area contributed by atoms with Crippen molar-refractivity contribution in [2.24, 2.45) is 0 Å². The average Bonchev–Trinajstić information content (AvgIpc) is 3.69. The Bertz CT molecular complexity index is 1580. The van der Waals surface area contributed by atoms with Crippen molar-refractivity contribution in [3.05, 3.63) is 108 Å². The van der Waals surface area contributed by atoms with Gasteiger partial charge in [0.15, 0.2) is 0 Å². The van der Waals surface area contributed by atoms with E-state index in [2.05, 4.69) is 106 Å². The van der Waals surface area contributed by atoms with E-state index in [0.717, 1.165) is 22.5 Å². The summed E-state index contributed by atoms with van der Waals surface area (Å²) in [5.41, 5.74) is 6.28. The quantitative estimate of drug-likeness (QED) is 0.192. The van der Waals surface area contributed by atoms with Gasteiger partial charge in [-0.2, -0.15) is 0 Å². The summed E-state index contributed by atoms with van der Waals surface area (Å²) in [5, 5.41) is 16.5. The molecule has 0 atom stereocenters. The number of aromatic nitrogens is 8. The van der Waals surface area contributed by atoms with Gasteiger partial charge in [0.2, 0.25) is 0 Å². The molecule has 43 heavy (non-hydrogen) atoms. The summed E-state index contributed by atoms with van der Waals surface area (Å²) in [6, 6.07) is 28.0. The number of benzene rings is 2. The van der Waals surface area contributed by atoms with Gasteiger partial charge >= 0.3 is 21.1 Å². The minimum Gasteiger partial charge on any atom is -0.417 e. The number of hydrogen-bond acceptors (Lipinski definition) is 6. The van der Waals surface area contributed by atoms with E-state index in [1.165, 1.54) is 11.1 Å². The molecule has 8 nitrogen and oxygen atoms in total. The topological polar surface area (TPSA) is 106 Å². The predicted molar refractivity (Wildman–Crippen MR) is 165 cm³/mol. The Balaban J connectivity index is 0.000000192. The van der Waals surface area contributed by atoms with Gasteiger partial charge in [0.05, 0.1) is 23.0 Å². The fraction of sp³-hybridized carbons (Fsp3) is 0.235. The second kappa shape index (κ2) is 13.3. The number of rotatable bonds is 4. The van der Waals surface area contributed by atoms with Crippen LogP contribution in [0, 0.1) is 0 Å². The van der Waals surface area contributed by atoms with Crippen LogP contribution in [0.5, 0.6) is 0 Å². The van der Waals surface area contributed by atoms with Crippen LogP contribution in [0.2, 0.25) is 0 Å². The van der Waals surface area contributed by atoms with Crippen molar-refractivity contribution in [2.75, 3.05) is 0 Å². The molecule has 2 aromatic carbocycles. The van der Waals surface area contributed by atoms with Gasteiger partial charge in [-0.3, -0.25) is 20.2 Å². The first-order valence-electron chi connectivity index (χ1n) is 13.9. The molecule has 6 rings (SSSR count). The van der Waals surface area contributed by atoms with Gasteiger partial charge in [-0.1, -0.05) is 102 Å². The number of hydrogen-bond donors (Lipinski definition) is 0. The van der Waals surface area contributed by atoms with Crippen molar-refractivity contribution in [3.8, 4) is 45.8 Å².